The normalized spacial score (nSPS) is 20.3. The Morgan fingerprint density at radius 3 is 0.465 bits per heavy atom. The van der Waals surface area contributed by atoms with Gasteiger partial charge in [0.15, 0.2) is 40.5 Å². The van der Waals surface area contributed by atoms with Crippen LogP contribution >= 0.6 is 0 Å². The first-order chi connectivity index (χ1) is 45.4. The number of amides is 7. The van der Waals surface area contributed by atoms with E-state index in [1.807, 2.05) is 0 Å². The number of aliphatic hydroxyl groups is 14. The van der Waals surface area contributed by atoms with Gasteiger partial charge in [-0.1, -0.05) is 0 Å². The maximum atomic E-state index is 14.0. The largest absolute Gasteiger partial charge is 0.393 e. The van der Waals surface area contributed by atoms with Crippen LogP contribution in [0.3, 0.4) is 0 Å². The Kier molecular flexibility index (Phi) is 39.7. The Balaban J connectivity index is 6.58. The highest BCUT2D eigenvalue weighted by Gasteiger charge is 2.44. The van der Waals surface area contributed by atoms with Crippen molar-refractivity contribution in [3.8, 4) is 0 Å². The minimum absolute atomic E-state index is 0.660. The molecule has 0 aliphatic carbocycles. The fourth-order valence-corrected chi connectivity index (χ4v) is 10.4. The Morgan fingerprint density at radius 2 is 0.354 bits per heavy atom. The van der Waals surface area contributed by atoms with Gasteiger partial charge in [-0.3, -0.25) is 67.1 Å². The Hall–Kier alpha value is -6.62. The molecule has 0 aliphatic heterocycles. The van der Waals surface area contributed by atoms with Crippen molar-refractivity contribution in [3.05, 3.63) is 0 Å². The number of hydrogen-bond donors (Lipinski definition) is 22. The molecule has 7 amide bonds. The van der Waals surface area contributed by atoms with E-state index in [9.17, 15) is 139 Å². The third-order valence-electron chi connectivity index (χ3n) is 16.8. The summed E-state index contributed by atoms with van der Waals surface area (Å²) in [6.45, 7) is 16.1. The summed E-state index contributed by atoms with van der Waals surface area (Å²) in [5.41, 5.74) is 5.62. The van der Waals surface area contributed by atoms with Crippen LogP contribution in [0.5, 0.6) is 0 Å². The van der Waals surface area contributed by atoms with E-state index in [4.69, 9.17) is 5.73 Å². The summed E-state index contributed by atoms with van der Waals surface area (Å²) < 4.78 is 0. The van der Waals surface area contributed by atoms with Crippen molar-refractivity contribution < 1.29 is 139 Å². The number of Topliss-reactive ketones (excluding diaryl/α,β-unsaturated/α-hetero) is 7. The van der Waals surface area contributed by atoms with Crippen molar-refractivity contribution in [1.82, 2.24) is 37.2 Å². The van der Waals surface area contributed by atoms with Crippen molar-refractivity contribution in [2.75, 3.05) is 0 Å². The highest BCUT2D eigenvalue weighted by atomic mass is 16.3. The zero-order chi connectivity index (χ0) is 77.4. The van der Waals surface area contributed by atoms with Crippen molar-refractivity contribution in [1.29, 1.82) is 0 Å². The third kappa shape index (κ3) is 29.5. The molecule has 568 valence electrons. The molecule has 0 saturated heterocycles. The summed E-state index contributed by atoms with van der Waals surface area (Å²) in [7, 11) is 0. The molecule has 0 aromatic heterocycles. The van der Waals surface area contributed by atoms with E-state index in [0.717, 1.165) is 90.0 Å². The van der Waals surface area contributed by atoms with E-state index in [2.05, 4.69) is 37.2 Å². The van der Waals surface area contributed by atoms with Gasteiger partial charge in [-0.15, -0.1) is 0 Å². The number of aliphatic hydroxyl groups excluding tert-OH is 14. The first-order valence-electron chi connectivity index (χ1n) is 32.4. The zero-order valence-electron chi connectivity index (χ0n) is 58.5. The van der Waals surface area contributed by atoms with E-state index < -0.39 is 290 Å². The summed E-state index contributed by atoms with van der Waals surface area (Å²) in [6, 6.07) is -14.4. The fraction of sp³-hybridized carbons (Fsp3) is 0.778. The van der Waals surface area contributed by atoms with Gasteiger partial charge in [0.1, 0.15) is 48.3 Å². The van der Waals surface area contributed by atoms with E-state index >= 15 is 0 Å². The molecule has 0 rings (SSSR count). The van der Waals surface area contributed by atoms with Crippen LogP contribution in [-0.4, -0.2) is 287 Å². The second-order valence-corrected chi connectivity index (χ2v) is 26.1. The number of nitrogens with two attached hydrogens (primary N) is 1. The van der Waals surface area contributed by atoms with Crippen molar-refractivity contribution >= 4 is 81.8 Å². The van der Waals surface area contributed by atoms with Crippen LogP contribution < -0.4 is 43.0 Å². The standard InChI is InChI=1S/C63H108N8O28/c1-22(72)37(57(93)65-50(29(8)79)30(9)80)16-43(87)51(31(10)81)66-58(94)38(23(2)73)17-44(88)52(32(11)82)67-59(95)39(24(3)74)18-45(89)53(33(12)83)68-60(96)40(25(4)75)19-46(90)54(34(13)84)69-61(97)41(26(5)76)20-47(91)55(35(14)85)70-62(98)42(27(6)77)21-48(92)56(36(15)86)71-63(99)49(64)28(7)78/h22-29,31-42,49-56,72-79,81-86H,16-21,64H2,1-15H3,(H,65,93)(H,66,94)(H,67,95)(H,68,96)(H,69,97)(H,70,98)(H,71,99). The molecule has 0 heterocycles. The van der Waals surface area contributed by atoms with Gasteiger partial charge in [-0.2, -0.15) is 0 Å². The van der Waals surface area contributed by atoms with Gasteiger partial charge >= 0.3 is 0 Å². The minimum Gasteiger partial charge on any atom is -0.393 e. The second kappa shape index (κ2) is 42.6. The van der Waals surface area contributed by atoms with Crippen molar-refractivity contribution in [2.45, 2.75) is 276 Å². The van der Waals surface area contributed by atoms with E-state index in [1.54, 1.807) is 0 Å². The summed E-state index contributed by atoms with van der Waals surface area (Å²) in [4.78, 5) is 189. The van der Waals surface area contributed by atoms with Crippen LogP contribution in [-0.2, 0) is 67.1 Å². The molecule has 99 heavy (non-hydrogen) atoms. The maximum Gasteiger partial charge on any atom is 0.240 e. The molecule has 28 unspecified atom stereocenters. The van der Waals surface area contributed by atoms with Gasteiger partial charge in [-0.25, -0.2) is 0 Å². The Labute approximate surface area is 573 Å². The smallest absolute Gasteiger partial charge is 0.240 e. The monoisotopic (exact) mass is 1420 g/mol. The highest BCUT2D eigenvalue weighted by Crippen LogP contribution is 2.23. The molecule has 0 aromatic rings. The molecule has 0 aromatic carbocycles. The number of nitrogens with one attached hydrogen (secondary N) is 7. The van der Waals surface area contributed by atoms with Crippen LogP contribution in [0.4, 0.5) is 0 Å². The first kappa shape index (κ1) is 92.4. The van der Waals surface area contributed by atoms with Gasteiger partial charge in [0.05, 0.1) is 121 Å². The predicted octanol–water partition coefficient (Wildman–Crippen LogP) is -8.92. The molecule has 23 N–H and O–H groups in total. The summed E-state index contributed by atoms with van der Waals surface area (Å²) >= 11 is 0. The molecule has 0 spiro atoms. The number of ketones is 7. The molecule has 28 atom stereocenters. The average molecular weight is 1430 g/mol. The van der Waals surface area contributed by atoms with Crippen molar-refractivity contribution in [3.63, 3.8) is 0 Å². The maximum absolute atomic E-state index is 14.0. The van der Waals surface area contributed by atoms with Crippen LogP contribution in [0.25, 0.3) is 0 Å². The third-order valence-corrected chi connectivity index (χ3v) is 16.8. The van der Waals surface area contributed by atoms with Crippen LogP contribution in [0.1, 0.15) is 142 Å². The fourth-order valence-electron chi connectivity index (χ4n) is 10.4. The van der Waals surface area contributed by atoms with Gasteiger partial charge in [0.2, 0.25) is 41.4 Å². The summed E-state index contributed by atoms with van der Waals surface area (Å²) in [5.74, 6) is -26.5. The minimum atomic E-state index is -2.00. The van der Waals surface area contributed by atoms with Crippen LogP contribution in [0.15, 0.2) is 0 Å². The van der Waals surface area contributed by atoms with E-state index in [0.29, 0.717) is 0 Å². The summed E-state index contributed by atoms with van der Waals surface area (Å²) in [6.07, 6.45) is -29.4. The molecule has 36 heteroatoms. The molecule has 0 aliphatic rings. The number of carbonyl (C=O) groups is 14. The van der Waals surface area contributed by atoms with Gasteiger partial charge in [-0.05, 0) is 104 Å². The molecule has 0 saturated carbocycles. The SMILES string of the molecule is CC(=O)C(NC(=O)C(CC(=O)C(NC(=O)C(CC(=O)C(NC(=O)C(CC(=O)C(NC(=O)C(CC(=O)C(NC(=O)C(CC(=O)C(NC(=O)C(CC(=O)C(NC(=O)C(N)C(C)O)C(C)O)C(C)O)C(C)O)C(C)O)C(C)O)C(C)O)C(C)O)C(C)O)C(C)O)C(C)O)C(C)O)C(C)O)C(C)O. The van der Waals surface area contributed by atoms with Crippen LogP contribution in [0.2, 0.25) is 0 Å². The lowest BCUT2D eigenvalue weighted by Gasteiger charge is -2.30. The molecule has 36 nitrogen and oxygen atoms in total. The Morgan fingerprint density at radius 1 is 0.222 bits per heavy atom. The molecule has 0 fully saturated rings. The van der Waals surface area contributed by atoms with Gasteiger partial charge in [0.25, 0.3) is 0 Å². The summed E-state index contributed by atoms with van der Waals surface area (Å²) in [5, 5.41) is 163. The lowest BCUT2D eigenvalue weighted by atomic mass is 9.88. The molecule has 0 radical (unpaired) electrons. The zero-order valence-corrected chi connectivity index (χ0v) is 58.5. The molecule has 0 bridgehead atoms. The van der Waals surface area contributed by atoms with Crippen molar-refractivity contribution in [2.24, 2.45) is 41.2 Å². The van der Waals surface area contributed by atoms with Crippen LogP contribution in [0, 0.1) is 35.5 Å². The van der Waals surface area contributed by atoms with Gasteiger partial charge in [0, 0.05) is 38.5 Å². The lowest BCUT2D eigenvalue weighted by Crippen LogP contribution is -2.56. The van der Waals surface area contributed by atoms with Gasteiger partial charge < -0.3 is 114 Å². The number of rotatable bonds is 47. The average Bonchev–Trinajstić information content (AvgIpc) is 0.853. The molecular weight excluding hydrogens is 1320 g/mol. The number of carbonyl (C=O) groups excluding carboxylic acids is 14. The molecular formula is C63H108N8O28. The predicted molar refractivity (Wildman–Crippen MR) is 344 cm³/mol. The Bertz CT molecular complexity index is 2750. The van der Waals surface area contributed by atoms with E-state index in [1.165, 1.54) is 13.8 Å². The quantitative estimate of drug-likeness (QED) is 0.0269. The second-order valence-electron chi connectivity index (χ2n) is 26.1. The highest BCUT2D eigenvalue weighted by molar-refractivity contribution is 6.01. The number of hydrogen-bond acceptors (Lipinski definition) is 29. The van der Waals surface area contributed by atoms with E-state index in [-0.39, 0.29) is 0 Å². The topological polar surface area (TPSA) is 632 Å². The first-order valence-corrected chi connectivity index (χ1v) is 32.4. The lowest BCUT2D eigenvalue weighted by molar-refractivity contribution is -0.142.